The number of aliphatic hydroxyl groups is 4. The molecular weight excluding hydrogens is 478 g/mol. The van der Waals surface area contributed by atoms with E-state index in [4.69, 9.17) is 30.6 Å². The number of carbonyl (C=O) groups excluding carboxylic acids is 2. The second kappa shape index (κ2) is 15.7. The predicted molar refractivity (Wildman–Crippen MR) is 76.6 cm³/mol. The standard InChI is InChI=1S/C12H14O16.2K.2H/c13-1(7(17)18)3(15)11(25)27-5(9(21)22)6(10(23)24)28-12(26)4(16)2(14)8(19)20;;;;/h1-6,13-16H,(H,17,18)(H,19,20)(H,21,22)(H,23,24);;;;/q;2*+1;2*-1. The fourth-order valence-electron chi connectivity index (χ4n) is 1.40. The van der Waals surface area contributed by atoms with E-state index in [1.54, 1.807) is 0 Å². The number of esters is 2. The van der Waals surface area contributed by atoms with Crippen molar-refractivity contribution in [3.63, 3.8) is 0 Å². The molecule has 0 fully saturated rings. The molecule has 0 saturated carbocycles. The number of aliphatic hydroxyl groups excluding tert-OH is 4. The van der Waals surface area contributed by atoms with Crippen LogP contribution in [0.1, 0.15) is 2.85 Å². The molecule has 18 heteroatoms. The first kappa shape index (κ1) is 34.5. The smallest absolute Gasteiger partial charge is 1.00 e. The van der Waals surface area contributed by atoms with Crippen molar-refractivity contribution < 1.29 is 185 Å². The molecule has 0 amide bonds. The topological polar surface area (TPSA) is 283 Å². The molecule has 8 N–H and O–H groups in total. The van der Waals surface area contributed by atoms with Gasteiger partial charge in [0, 0.05) is 0 Å². The first-order valence-electron chi connectivity index (χ1n) is 6.76. The van der Waals surface area contributed by atoms with Gasteiger partial charge in [0.1, 0.15) is 0 Å². The van der Waals surface area contributed by atoms with E-state index in [2.05, 4.69) is 9.47 Å². The predicted octanol–water partition coefficient (Wildman–Crippen LogP) is -11.2. The summed E-state index contributed by atoms with van der Waals surface area (Å²) >= 11 is 0. The Morgan fingerprint density at radius 3 is 0.900 bits per heavy atom. The summed E-state index contributed by atoms with van der Waals surface area (Å²) in [7, 11) is 0. The molecule has 0 rings (SSSR count). The van der Waals surface area contributed by atoms with Gasteiger partial charge in [0.2, 0.25) is 12.2 Å². The van der Waals surface area contributed by atoms with E-state index in [-0.39, 0.29) is 106 Å². The monoisotopic (exact) mass is 494 g/mol. The third kappa shape index (κ3) is 10.5. The summed E-state index contributed by atoms with van der Waals surface area (Å²) in [6.45, 7) is 0. The molecule has 0 bridgehead atoms. The Morgan fingerprint density at radius 2 is 0.733 bits per heavy atom. The zero-order valence-electron chi connectivity index (χ0n) is 17.3. The van der Waals surface area contributed by atoms with Gasteiger partial charge in [-0.05, 0) is 0 Å². The molecule has 30 heavy (non-hydrogen) atoms. The van der Waals surface area contributed by atoms with Crippen molar-refractivity contribution in [2.75, 3.05) is 0 Å². The van der Waals surface area contributed by atoms with Gasteiger partial charge in [-0.1, -0.05) is 0 Å². The van der Waals surface area contributed by atoms with Crippen LogP contribution < -0.4 is 103 Å². The summed E-state index contributed by atoms with van der Waals surface area (Å²) in [4.78, 5) is 66.1. The van der Waals surface area contributed by atoms with Crippen molar-refractivity contribution in [3.05, 3.63) is 0 Å². The van der Waals surface area contributed by atoms with E-state index >= 15 is 0 Å². The summed E-state index contributed by atoms with van der Waals surface area (Å²) in [6.07, 6.45) is -17.1. The molecule has 0 aromatic carbocycles. The maximum Gasteiger partial charge on any atom is 1.00 e. The van der Waals surface area contributed by atoms with Crippen molar-refractivity contribution in [1.82, 2.24) is 0 Å². The Morgan fingerprint density at radius 1 is 0.500 bits per heavy atom. The summed E-state index contributed by atoms with van der Waals surface area (Å²) < 4.78 is 8.05. The van der Waals surface area contributed by atoms with Crippen LogP contribution in [0.5, 0.6) is 0 Å². The molecule has 0 aliphatic carbocycles. The number of carbonyl (C=O) groups is 6. The largest absolute Gasteiger partial charge is 1.00 e. The molecule has 6 atom stereocenters. The van der Waals surface area contributed by atoms with E-state index in [0.29, 0.717) is 0 Å². The third-order valence-electron chi connectivity index (χ3n) is 2.84. The minimum absolute atomic E-state index is 0. The van der Waals surface area contributed by atoms with E-state index in [9.17, 15) is 39.0 Å². The van der Waals surface area contributed by atoms with Gasteiger partial charge < -0.3 is 53.2 Å². The van der Waals surface area contributed by atoms with Crippen LogP contribution in [0.25, 0.3) is 0 Å². The quantitative estimate of drug-likeness (QED) is 0.0976. The molecule has 0 aliphatic heterocycles. The van der Waals surface area contributed by atoms with Gasteiger partial charge in [0.05, 0.1) is 0 Å². The molecule has 0 heterocycles. The second-order valence-electron chi connectivity index (χ2n) is 4.85. The van der Waals surface area contributed by atoms with Crippen molar-refractivity contribution in [2.24, 2.45) is 0 Å². The maximum absolute atomic E-state index is 11.5. The average molecular weight is 494 g/mol. The molecular formula is C12H16K2O16. The molecule has 0 radical (unpaired) electrons. The van der Waals surface area contributed by atoms with Gasteiger partial charge in [0.25, 0.3) is 0 Å². The first-order chi connectivity index (χ1) is 12.7. The van der Waals surface area contributed by atoms with Crippen LogP contribution in [-0.4, -0.2) is 113 Å². The van der Waals surface area contributed by atoms with Crippen LogP contribution >= 0.6 is 0 Å². The average Bonchev–Trinajstić information content (AvgIpc) is 2.60. The number of rotatable bonds is 11. The fraction of sp³-hybridized carbons (Fsp3) is 0.500. The Labute approximate surface area is 253 Å². The maximum atomic E-state index is 11.5. The van der Waals surface area contributed by atoms with Crippen LogP contribution in [0.4, 0.5) is 0 Å². The molecule has 0 aromatic rings. The summed E-state index contributed by atoms with van der Waals surface area (Å²) in [6, 6.07) is 0. The molecule has 0 spiro atoms. The van der Waals surface area contributed by atoms with E-state index < -0.39 is 72.4 Å². The Bertz CT molecular complexity index is 619. The van der Waals surface area contributed by atoms with Gasteiger partial charge in [-0.2, -0.15) is 0 Å². The molecule has 6 unspecified atom stereocenters. The molecule has 0 saturated heterocycles. The van der Waals surface area contributed by atoms with Crippen molar-refractivity contribution in [1.29, 1.82) is 0 Å². The van der Waals surface area contributed by atoms with Crippen LogP contribution in [0.3, 0.4) is 0 Å². The van der Waals surface area contributed by atoms with E-state index in [1.807, 2.05) is 0 Å². The Hall–Kier alpha value is -0.0673. The summed E-state index contributed by atoms with van der Waals surface area (Å²) in [5.74, 6) is -13.1. The van der Waals surface area contributed by atoms with Crippen molar-refractivity contribution >= 4 is 35.8 Å². The van der Waals surface area contributed by atoms with Gasteiger partial charge in [-0.15, -0.1) is 0 Å². The zero-order valence-corrected chi connectivity index (χ0v) is 21.6. The number of aliphatic carboxylic acids is 4. The normalized spacial score (nSPS) is 16.0. The summed E-state index contributed by atoms with van der Waals surface area (Å²) in [5.41, 5.74) is 0. The SMILES string of the molecule is O=C(O)C(O)C(O)C(=O)OC(C(=O)O)C(OC(=O)C(O)C(O)C(=O)O)C(=O)O.[H-].[H-].[K+].[K+]. The van der Waals surface area contributed by atoms with Crippen molar-refractivity contribution in [2.45, 2.75) is 36.6 Å². The first-order valence-corrected chi connectivity index (χ1v) is 6.76. The number of hydrogen-bond acceptors (Lipinski definition) is 12. The van der Waals surface area contributed by atoms with E-state index in [0.717, 1.165) is 0 Å². The third-order valence-corrected chi connectivity index (χ3v) is 2.84. The Balaban J connectivity index is -0.000000607. The van der Waals surface area contributed by atoms with Gasteiger partial charge in [-0.3, -0.25) is 0 Å². The minimum Gasteiger partial charge on any atom is -1.00 e. The second-order valence-corrected chi connectivity index (χ2v) is 4.85. The Kier molecular flexibility index (Phi) is 18.1. The van der Waals surface area contributed by atoms with E-state index in [1.165, 1.54) is 0 Å². The van der Waals surface area contributed by atoms with Crippen LogP contribution in [0, 0.1) is 0 Å². The van der Waals surface area contributed by atoms with Crippen molar-refractivity contribution in [3.8, 4) is 0 Å². The van der Waals surface area contributed by atoms with Gasteiger partial charge >= 0.3 is 139 Å². The zero-order chi connectivity index (χ0) is 22.3. The van der Waals surface area contributed by atoms with Gasteiger partial charge in [0.15, 0.2) is 24.4 Å². The molecule has 0 aliphatic rings. The number of hydrogen-bond donors (Lipinski definition) is 8. The van der Waals surface area contributed by atoms with Crippen LogP contribution in [-0.2, 0) is 38.2 Å². The number of carboxylic acids is 4. The van der Waals surface area contributed by atoms with Gasteiger partial charge in [-0.25, -0.2) is 28.8 Å². The minimum atomic E-state index is -2.93. The number of ether oxygens (including phenoxy) is 2. The molecule has 16 nitrogen and oxygen atoms in total. The van der Waals surface area contributed by atoms with Crippen LogP contribution in [0.2, 0.25) is 0 Å². The molecule has 162 valence electrons. The van der Waals surface area contributed by atoms with Crippen LogP contribution in [0.15, 0.2) is 0 Å². The molecule has 0 aromatic heterocycles. The number of carboxylic acid groups (broad SMARTS) is 4. The fourth-order valence-corrected chi connectivity index (χ4v) is 1.40. The summed E-state index contributed by atoms with van der Waals surface area (Å²) in [5, 5.41) is 71.1.